The van der Waals surface area contributed by atoms with Crippen molar-refractivity contribution < 1.29 is 9.53 Å². The molecule has 0 bridgehead atoms. The Bertz CT molecular complexity index is 662. The number of hydrogen-bond donors (Lipinski definition) is 1. The highest BCUT2D eigenvalue weighted by Gasteiger charge is 2.14. The van der Waals surface area contributed by atoms with E-state index in [0.29, 0.717) is 12.8 Å². The zero-order valence-electron chi connectivity index (χ0n) is 13.6. The fraction of sp³-hybridized carbons (Fsp3) is 0.412. The predicted molar refractivity (Wildman–Crippen MR) is 87.3 cm³/mol. The van der Waals surface area contributed by atoms with Crippen molar-refractivity contribution in [2.75, 3.05) is 12.4 Å². The summed E-state index contributed by atoms with van der Waals surface area (Å²) in [7, 11) is 3.49. The number of nitrogens with one attached hydrogen (secondary N) is 1. The predicted octanol–water partition coefficient (Wildman–Crippen LogP) is 2.87. The van der Waals surface area contributed by atoms with Gasteiger partial charge in [0.25, 0.3) is 0 Å². The lowest BCUT2D eigenvalue weighted by atomic mass is 10.1. The van der Waals surface area contributed by atoms with E-state index in [1.54, 1.807) is 11.8 Å². The summed E-state index contributed by atoms with van der Waals surface area (Å²) in [5.41, 5.74) is 3.09. The Kier molecular flexibility index (Phi) is 5.20. The van der Waals surface area contributed by atoms with Gasteiger partial charge in [0.15, 0.2) is 0 Å². The van der Waals surface area contributed by atoms with Crippen molar-refractivity contribution in [1.82, 2.24) is 9.78 Å². The number of hydrogen-bond acceptors (Lipinski definition) is 3. The summed E-state index contributed by atoms with van der Waals surface area (Å²) < 4.78 is 7.04. The Morgan fingerprint density at radius 3 is 2.77 bits per heavy atom. The summed E-state index contributed by atoms with van der Waals surface area (Å²) in [6.07, 6.45) is 1.91. The molecule has 0 fully saturated rings. The number of methoxy groups -OCH3 is 1. The van der Waals surface area contributed by atoms with Crippen molar-refractivity contribution >= 4 is 11.7 Å². The molecular formula is C17H23N3O2. The lowest BCUT2D eigenvalue weighted by molar-refractivity contribution is -0.116. The van der Waals surface area contributed by atoms with E-state index in [9.17, 15) is 4.79 Å². The van der Waals surface area contributed by atoms with Crippen LogP contribution in [0.2, 0.25) is 0 Å². The number of nitrogens with zero attached hydrogens (tertiary/aromatic N) is 2. The molecular weight excluding hydrogens is 278 g/mol. The molecule has 2 rings (SSSR count). The summed E-state index contributed by atoms with van der Waals surface area (Å²) in [5, 5.41) is 7.34. The second kappa shape index (κ2) is 7.11. The van der Waals surface area contributed by atoms with E-state index in [2.05, 4.69) is 17.3 Å². The molecule has 0 aliphatic heterocycles. The van der Waals surface area contributed by atoms with Crippen molar-refractivity contribution in [2.24, 2.45) is 7.05 Å². The SMILES string of the molecule is CCc1c(C)nn(C)c1NC(=O)CCc1ccccc1OC. The molecule has 22 heavy (non-hydrogen) atoms. The van der Waals surface area contributed by atoms with Gasteiger partial charge in [0, 0.05) is 19.0 Å². The highest BCUT2D eigenvalue weighted by Crippen LogP contribution is 2.21. The van der Waals surface area contributed by atoms with E-state index in [4.69, 9.17) is 4.74 Å². The van der Waals surface area contributed by atoms with Crippen molar-refractivity contribution in [1.29, 1.82) is 0 Å². The number of carbonyl (C=O) groups is 1. The normalized spacial score (nSPS) is 10.5. The first-order valence-corrected chi connectivity index (χ1v) is 7.51. The first-order valence-electron chi connectivity index (χ1n) is 7.51. The van der Waals surface area contributed by atoms with E-state index in [1.165, 1.54) is 0 Å². The van der Waals surface area contributed by atoms with Gasteiger partial charge < -0.3 is 10.1 Å². The van der Waals surface area contributed by atoms with Crippen LogP contribution in [0.3, 0.4) is 0 Å². The highest BCUT2D eigenvalue weighted by molar-refractivity contribution is 5.90. The zero-order chi connectivity index (χ0) is 16.1. The summed E-state index contributed by atoms with van der Waals surface area (Å²) in [6.45, 7) is 4.03. The summed E-state index contributed by atoms with van der Waals surface area (Å²) >= 11 is 0. The number of carbonyl (C=O) groups excluding carboxylic acids is 1. The molecule has 0 aliphatic rings. The maximum absolute atomic E-state index is 12.2. The van der Waals surface area contributed by atoms with Gasteiger partial charge in [-0.3, -0.25) is 9.48 Å². The third-order valence-electron chi connectivity index (χ3n) is 3.77. The second-order valence-corrected chi connectivity index (χ2v) is 5.25. The van der Waals surface area contributed by atoms with E-state index >= 15 is 0 Å². The average Bonchev–Trinajstić information content (AvgIpc) is 2.78. The average molecular weight is 301 g/mol. The van der Waals surface area contributed by atoms with Crippen molar-refractivity contribution in [3.05, 3.63) is 41.1 Å². The van der Waals surface area contributed by atoms with Crippen LogP contribution >= 0.6 is 0 Å². The number of ether oxygens (including phenoxy) is 1. The van der Waals surface area contributed by atoms with E-state index in [-0.39, 0.29) is 5.91 Å². The van der Waals surface area contributed by atoms with Crippen LogP contribution in [-0.4, -0.2) is 22.8 Å². The van der Waals surface area contributed by atoms with Crippen LogP contribution in [0.4, 0.5) is 5.82 Å². The van der Waals surface area contributed by atoms with Gasteiger partial charge in [-0.05, 0) is 31.4 Å². The van der Waals surface area contributed by atoms with E-state index in [1.807, 2.05) is 38.2 Å². The van der Waals surface area contributed by atoms with Gasteiger partial charge in [0.2, 0.25) is 5.91 Å². The molecule has 1 N–H and O–H groups in total. The molecule has 0 unspecified atom stereocenters. The monoisotopic (exact) mass is 301 g/mol. The van der Waals surface area contributed by atoms with Gasteiger partial charge in [-0.25, -0.2) is 0 Å². The molecule has 1 heterocycles. The molecule has 1 aromatic heterocycles. The number of rotatable bonds is 6. The van der Waals surface area contributed by atoms with Crippen LogP contribution in [0.1, 0.15) is 30.2 Å². The van der Waals surface area contributed by atoms with E-state index in [0.717, 1.165) is 34.8 Å². The van der Waals surface area contributed by atoms with Crippen molar-refractivity contribution in [3.63, 3.8) is 0 Å². The molecule has 0 saturated carbocycles. The zero-order valence-corrected chi connectivity index (χ0v) is 13.6. The van der Waals surface area contributed by atoms with Crippen molar-refractivity contribution in [3.8, 4) is 5.75 Å². The molecule has 5 nitrogen and oxygen atoms in total. The standard InChI is InChI=1S/C17H23N3O2/c1-5-14-12(2)19-20(3)17(14)18-16(21)11-10-13-8-6-7-9-15(13)22-4/h6-9H,5,10-11H2,1-4H3,(H,18,21). The van der Waals surface area contributed by atoms with Crippen molar-refractivity contribution in [2.45, 2.75) is 33.1 Å². The van der Waals surface area contributed by atoms with Crippen LogP contribution < -0.4 is 10.1 Å². The van der Waals surface area contributed by atoms with Crippen LogP contribution in [0.15, 0.2) is 24.3 Å². The number of aryl methyl sites for hydroxylation is 3. The third-order valence-corrected chi connectivity index (χ3v) is 3.77. The Balaban J connectivity index is 2.02. The minimum absolute atomic E-state index is 0.0105. The molecule has 1 aromatic carbocycles. The number of para-hydroxylation sites is 1. The van der Waals surface area contributed by atoms with Gasteiger partial charge in [-0.2, -0.15) is 5.10 Å². The smallest absolute Gasteiger partial charge is 0.225 e. The van der Waals surface area contributed by atoms with Crippen LogP contribution in [0.25, 0.3) is 0 Å². The molecule has 2 aromatic rings. The molecule has 0 radical (unpaired) electrons. The molecule has 5 heteroatoms. The highest BCUT2D eigenvalue weighted by atomic mass is 16.5. The van der Waals surface area contributed by atoms with Gasteiger partial charge in [0.05, 0.1) is 12.8 Å². The van der Waals surface area contributed by atoms with E-state index < -0.39 is 0 Å². The van der Waals surface area contributed by atoms with Gasteiger partial charge in [-0.1, -0.05) is 25.1 Å². The lowest BCUT2D eigenvalue weighted by Gasteiger charge is -2.10. The second-order valence-electron chi connectivity index (χ2n) is 5.25. The van der Waals surface area contributed by atoms with Crippen LogP contribution in [0.5, 0.6) is 5.75 Å². The molecule has 0 atom stereocenters. The Morgan fingerprint density at radius 2 is 2.09 bits per heavy atom. The topological polar surface area (TPSA) is 56.2 Å². The summed E-state index contributed by atoms with van der Waals surface area (Å²) in [5.74, 6) is 1.61. The summed E-state index contributed by atoms with van der Waals surface area (Å²) in [6, 6.07) is 7.77. The van der Waals surface area contributed by atoms with Gasteiger partial charge >= 0.3 is 0 Å². The van der Waals surface area contributed by atoms with Crippen LogP contribution in [0, 0.1) is 6.92 Å². The van der Waals surface area contributed by atoms with Gasteiger partial charge in [0.1, 0.15) is 11.6 Å². The third kappa shape index (κ3) is 3.47. The molecule has 0 spiro atoms. The van der Waals surface area contributed by atoms with Crippen LogP contribution in [-0.2, 0) is 24.7 Å². The number of anilines is 1. The van der Waals surface area contributed by atoms with Gasteiger partial charge in [-0.15, -0.1) is 0 Å². The minimum Gasteiger partial charge on any atom is -0.496 e. The quantitative estimate of drug-likeness (QED) is 0.892. The largest absolute Gasteiger partial charge is 0.496 e. The Hall–Kier alpha value is -2.30. The Morgan fingerprint density at radius 1 is 1.36 bits per heavy atom. The first-order chi connectivity index (χ1) is 10.6. The maximum Gasteiger partial charge on any atom is 0.225 e. The lowest BCUT2D eigenvalue weighted by Crippen LogP contribution is -2.16. The fourth-order valence-corrected chi connectivity index (χ4v) is 2.63. The maximum atomic E-state index is 12.2. The fourth-order valence-electron chi connectivity index (χ4n) is 2.63. The molecule has 0 aliphatic carbocycles. The number of aromatic nitrogens is 2. The first kappa shape index (κ1) is 16.1. The number of amides is 1. The Labute approximate surface area is 131 Å². The molecule has 0 saturated heterocycles. The molecule has 118 valence electrons. The minimum atomic E-state index is -0.0105. The summed E-state index contributed by atoms with van der Waals surface area (Å²) in [4.78, 5) is 12.2. The molecule has 1 amide bonds. The number of benzene rings is 1.